The third-order valence-corrected chi connectivity index (χ3v) is 9.44. The standard InChI is InChI=1S/C30H29FN8OS2/c1-42(40)12-10-32-9-11-38-17-24-25(37-38)7-6-23-27-29(33-18-34-30(27)41-28(23)24)36-22-5-8-26-20(14-22)15-35-39(26)16-19-3-2-4-21(31)13-19/h2-5,8,13-15,17-18,32H,6-7,9-12,16H2,1H3,(H,33,34,36). The topological polar surface area (TPSA) is 109 Å². The van der Waals surface area contributed by atoms with Crippen LogP contribution in [-0.2, 0) is 37.1 Å². The number of hydrogen-bond acceptors (Lipinski definition) is 8. The Balaban J connectivity index is 1.12. The van der Waals surface area contributed by atoms with Gasteiger partial charge in [0, 0.05) is 40.8 Å². The van der Waals surface area contributed by atoms with E-state index in [1.165, 1.54) is 28.1 Å². The molecule has 7 rings (SSSR count). The van der Waals surface area contributed by atoms with E-state index in [1.54, 1.807) is 30.0 Å². The zero-order valence-corrected chi connectivity index (χ0v) is 24.6. The van der Waals surface area contributed by atoms with Gasteiger partial charge in [-0.3, -0.25) is 9.36 Å². The molecule has 1 aliphatic rings. The van der Waals surface area contributed by atoms with Crippen molar-refractivity contribution in [3.05, 3.63) is 83.8 Å². The normalized spacial score (nSPS) is 13.4. The number of aromatic nitrogens is 6. The Labute approximate surface area is 249 Å². The summed E-state index contributed by atoms with van der Waals surface area (Å²) < 4.78 is 28.8. The molecule has 6 aromatic rings. The lowest BCUT2D eigenvalue weighted by Gasteiger charge is -2.12. The number of halogens is 1. The van der Waals surface area contributed by atoms with E-state index in [9.17, 15) is 8.94 Å². The zero-order chi connectivity index (χ0) is 28.6. The monoisotopic (exact) mass is 600 g/mol. The minimum absolute atomic E-state index is 0.247. The quantitative estimate of drug-likeness (QED) is 0.170. The van der Waals surface area contributed by atoms with Crippen LogP contribution >= 0.6 is 11.3 Å². The van der Waals surface area contributed by atoms with Crippen LogP contribution in [0.15, 0.2) is 61.2 Å². The number of rotatable bonds is 10. The molecule has 42 heavy (non-hydrogen) atoms. The summed E-state index contributed by atoms with van der Waals surface area (Å²) >= 11 is 0.906. The largest absolute Gasteiger partial charge is 0.617 e. The minimum Gasteiger partial charge on any atom is -0.617 e. The number of thiophene rings is 1. The third kappa shape index (κ3) is 5.38. The first-order valence-corrected chi connectivity index (χ1v) is 16.4. The van der Waals surface area contributed by atoms with Crippen molar-refractivity contribution >= 4 is 55.1 Å². The molecule has 0 aliphatic heterocycles. The van der Waals surface area contributed by atoms with Crippen molar-refractivity contribution in [3.8, 4) is 10.4 Å². The highest BCUT2D eigenvalue weighted by Crippen LogP contribution is 2.45. The van der Waals surface area contributed by atoms with E-state index in [0.717, 1.165) is 76.4 Å². The first kappa shape index (κ1) is 27.0. The zero-order valence-electron chi connectivity index (χ0n) is 23.0. The molecular formula is C30H29FN8OS2. The van der Waals surface area contributed by atoms with Gasteiger partial charge >= 0.3 is 0 Å². The maximum atomic E-state index is 13.7. The van der Waals surface area contributed by atoms with Crippen molar-refractivity contribution in [1.82, 2.24) is 34.8 Å². The average molecular weight is 601 g/mol. The van der Waals surface area contributed by atoms with Crippen molar-refractivity contribution in [1.29, 1.82) is 0 Å². The van der Waals surface area contributed by atoms with Crippen molar-refractivity contribution in [2.75, 3.05) is 30.4 Å². The Kier molecular flexibility index (Phi) is 7.36. The van der Waals surface area contributed by atoms with Gasteiger partial charge in [-0.1, -0.05) is 23.3 Å². The summed E-state index contributed by atoms with van der Waals surface area (Å²) in [4.78, 5) is 11.4. The molecule has 9 nitrogen and oxygen atoms in total. The highest BCUT2D eigenvalue weighted by atomic mass is 32.2. The van der Waals surface area contributed by atoms with Crippen molar-refractivity contribution in [2.24, 2.45) is 0 Å². The molecule has 2 N–H and O–H groups in total. The molecule has 0 amide bonds. The number of hydrogen-bond donors (Lipinski definition) is 2. The van der Waals surface area contributed by atoms with Crippen LogP contribution in [-0.4, -0.2) is 59.2 Å². The molecule has 0 bridgehead atoms. The summed E-state index contributed by atoms with van der Waals surface area (Å²) in [5, 5.41) is 18.3. The van der Waals surface area contributed by atoms with Gasteiger partial charge in [0.1, 0.15) is 28.5 Å². The van der Waals surface area contributed by atoms with Gasteiger partial charge in [0.2, 0.25) is 0 Å². The smallest absolute Gasteiger partial charge is 0.142 e. The Morgan fingerprint density at radius 2 is 2.05 bits per heavy atom. The number of fused-ring (bicyclic) bond motifs is 6. The Bertz CT molecular complexity index is 1900. The fraction of sp³-hybridized carbons (Fsp3) is 0.267. The lowest BCUT2D eigenvalue weighted by atomic mass is 9.95. The maximum Gasteiger partial charge on any atom is 0.142 e. The maximum absolute atomic E-state index is 13.7. The lowest BCUT2D eigenvalue weighted by Crippen LogP contribution is -2.26. The second-order valence-corrected chi connectivity index (χ2v) is 13.0. The Hall–Kier alpha value is -3.84. The van der Waals surface area contributed by atoms with E-state index in [0.29, 0.717) is 12.3 Å². The van der Waals surface area contributed by atoms with Gasteiger partial charge in [-0.15, -0.1) is 11.3 Å². The molecule has 0 radical (unpaired) electrons. The molecule has 1 unspecified atom stereocenters. The Morgan fingerprint density at radius 1 is 1.12 bits per heavy atom. The fourth-order valence-corrected chi connectivity index (χ4v) is 7.16. The molecule has 1 atom stereocenters. The van der Waals surface area contributed by atoms with E-state index >= 15 is 0 Å². The highest BCUT2D eigenvalue weighted by molar-refractivity contribution is 7.90. The first-order valence-electron chi connectivity index (χ1n) is 13.8. The first-order chi connectivity index (χ1) is 20.5. The van der Waals surface area contributed by atoms with Gasteiger partial charge in [-0.25, -0.2) is 14.4 Å². The number of aryl methyl sites for hydroxylation is 2. The van der Waals surface area contributed by atoms with Crippen molar-refractivity contribution in [3.63, 3.8) is 0 Å². The summed E-state index contributed by atoms with van der Waals surface area (Å²) in [6.45, 7) is 2.78. The van der Waals surface area contributed by atoms with Crippen molar-refractivity contribution < 1.29 is 8.94 Å². The summed E-state index contributed by atoms with van der Waals surface area (Å²) in [7, 11) is 0. The fourth-order valence-electron chi connectivity index (χ4n) is 5.51. The predicted octanol–water partition coefficient (Wildman–Crippen LogP) is 4.90. The van der Waals surface area contributed by atoms with Crippen LogP contribution in [0.3, 0.4) is 0 Å². The van der Waals surface area contributed by atoms with Gasteiger partial charge < -0.3 is 15.2 Å². The molecule has 1 aliphatic carbocycles. The van der Waals surface area contributed by atoms with Gasteiger partial charge in [0.25, 0.3) is 0 Å². The van der Waals surface area contributed by atoms with E-state index in [1.807, 2.05) is 33.8 Å². The number of nitrogens with zero attached hydrogens (tertiary/aromatic N) is 6. The van der Waals surface area contributed by atoms with Crippen LogP contribution in [0.5, 0.6) is 0 Å². The summed E-state index contributed by atoms with van der Waals surface area (Å²) in [5.74, 6) is 1.20. The van der Waals surface area contributed by atoms with Crippen LogP contribution < -0.4 is 10.6 Å². The van der Waals surface area contributed by atoms with Crippen LogP contribution in [0.1, 0.15) is 16.8 Å². The molecule has 2 aromatic carbocycles. The molecule has 4 aromatic heterocycles. The molecule has 12 heteroatoms. The molecular weight excluding hydrogens is 572 g/mol. The van der Waals surface area contributed by atoms with Crippen LogP contribution in [0.25, 0.3) is 31.6 Å². The van der Waals surface area contributed by atoms with Crippen LogP contribution in [0, 0.1) is 5.82 Å². The summed E-state index contributed by atoms with van der Waals surface area (Å²) in [5.41, 5.74) is 6.31. The molecule has 0 saturated carbocycles. The lowest BCUT2D eigenvalue weighted by molar-refractivity contribution is 0.555. The second-order valence-electron chi connectivity index (χ2n) is 10.4. The highest BCUT2D eigenvalue weighted by Gasteiger charge is 2.26. The van der Waals surface area contributed by atoms with E-state index in [4.69, 9.17) is 5.10 Å². The van der Waals surface area contributed by atoms with Gasteiger partial charge in [-0.2, -0.15) is 10.2 Å². The number of nitrogens with one attached hydrogen (secondary N) is 2. The van der Waals surface area contributed by atoms with Crippen molar-refractivity contribution in [2.45, 2.75) is 25.9 Å². The Morgan fingerprint density at radius 3 is 2.93 bits per heavy atom. The molecule has 0 spiro atoms. The van der Waals surface area contributed by atoms with Gasteiger partial charge in [0.05, 0.1) is 42.1 Å². The van der Waals surface area contributed by atoms with Crippen LogP contribution in [0.4, 0.5) is 15.9 Å². The average Bonchev–Trinajstić information content (AvgIpc) is 3.68. The molecule has 214 valence electrons. The van der Waals surface area contributed by atoms with Gasteiger partial charge in [-0.05, 0) is 54.3 Å². The number of benzene rings is 2. The third-order valence-electron chi connectivity index (χ3n) is 7.49. The summed E-state index contributed by atoms with van der Waals surface area (Å²) in [6, 6.07) is 12.7. The van der Waals surface area contributed by atoms with E-state index in [2.05, 4.69) is 38.0 Å². The predicted molar refractivity (Wildman–Crippen MR) is 166 cm³/mol. The second kappa shape index (κ2) is 11.4. The molecule has 0 saturated heterocycles. The van der Waals surface area contributed by atoms with Crippen LogP contribution in [0.2, 0.25) is 0 Å². The molecule has 4 heterocycles. The SMILES string of the molecule is C[S+]([O-])CCNCCn1cc2c(n1)CCc1c-2sc2ncnc(Nc3ccc4c(cnn4Cc4cccc(F)c4)c3)c12. The van der Waals surface area contributed by atoms with E-state index < -0.39 is 11.2 Å². The minimum atomic E-state index is -0.783. The molecule has 0 fully saturated rings. The summed E-state index contributed by atoms with van der Waals surface area (Å²) in [6.07, 6.45) is 9.06. The number of anilines is 2. The van der Waals surface area contributed by atoms with E-state index in [-0.39, 0.29) is 5.82 Å². The van der Waals surface area contributed by atoms with Gasteiger partial charge in [0.15, 0.2) is 0 Å².